The lowest BCUT2D eigenvalue weighted by Gasteiger charge is -2.23. The standard InChI is InChI=1S/C26H23NOS2/c1-6-29-21-10-8-16(14-18(21)26(3,4)5)24-22-20(11-12-27-24)28-19-9-7-17-13-15(2)30-25(17)23(19)22/h6-14H,1H2,2-5H3. The number of aromatic nitrogens is 1. The van der Waals surface area contributed by atoms with E-state index in [-0.39, 0.29) is 5.41 Å². The van der Waals surface area contributed by atoms with Gasteiger partial charge < -0.3 is 4.42 Å². The Bertz CT molecular complexity index is 1430. The number of pyridine rings is 1. The van der Waals surface area contributed by atoms with E-state index in [2.05, 4.69) is 70.7 Å². The van der Waals surface area contributed by atoms with E-state index in [0.29, 0.717) is 0 Å². The Morgan fingerprint density at radius 1 is 1.03 bits per heavy atom. The number of benzene rings is 2. The molecule has 0 aliphatic rings. The molecule has 0 unspecified atom stereocenters. The summed E-state index contributed by atoms with van der Waals surface area (Å²) in [4.78, 5) is 7.37. The first-order chi connectivity index (χ1) is 14.4. The van der Waals surface area contributed by atoms with Gasteiger partial charge in [-0.1, -0.05) is 45.2 Å². The molecule has 0 fully saturated rings. The molecule has 2 nitrogen and oxygen atoms in total. The van der Waals surface area contributed by atoms with Gasteiger partial charge >= 0.3 is 0 Å². The maximum atomic E-state index is 6.24. The van der Waals surface area contributed by atoms with Crippen LogP contribution in [0.2, 0.25) is 0 Å². The lowest BCUT2D eigenvalue weighted by molar-refractivity contribution is 0.578. The van der Waals surface area contributed by atoms with Gasteiger partial charge in [-0.3, -0.25) is 4.98 Å². The number of thiophene rings is 1. The molecule has 0 amide bonds. The predicted molar refractivity (Wildman–Crippen MR) is 132 cm³/mol. The van der Waals surface area contributed by atoms with Crippen LogP contribution in [0.5, 0.6) is 0 Å². The average molecular weight is 430 g/mol. The molecule has 5 aromatic rings. The number of rotatable bonds is 3. The van der Waals surface area contributed by atoms with Crippen molar-refractivity contribution in [3.05, 3.63) is 71.1 Å². The second-order valence-corrected chi connectivity index (χ2v) is 10.9. The molecule has 0 N–H and O–H groups in total. The number of nitrogens with zero attached hydrogens (tertiary/aromatic N) is 1. The molecule has 3 heterocycles. The van der Waals surface area contributed by atoms with Gasteiger partial charge in [-0.05, 0) is 65.1 Å². The molecule has 5 rings (SSSR count). The van der Waals surface area contributed by atoms with Gasteiger partial charge in [0.15, 0.2) is 0 Å². The highest BCUT2D eigenvalue weighted by molar-refractivity contribution is 8.02. The summed E-state index contributed by atoms with van der Waals surface area (Å²) in [7, 11) is 0. The summed E-state index contributed by atoms with van der Waals surface area (Å²) in [6, 6.07) is 15.1. The van der Waals surface area contributed by atoms with Gasteiger partial charge in [-0.15, -0.1) is 11.3 Å². The molecule has 0 bridgehead atoms. The van der Waals surface area contributed by atoms with E-state index in [1.807, 2.05) is 29.0 Å². The molecule has 0 aliphatic carbocycles. The molecule has 0 spiro atoms. The predicted octanol–water partition coefficient (Wildman–Crippen LogP) is 8.70. The van der Waals surface area contributed by atoms with Crippen molar-refractivity contribution in [1.29, 1.82) is 0 Å². The van der Waals surface area contributed by atoms with Crippen molar-refractivity contribution in [3.63, 3.8) is 0 Å². The van der Waals surface area contributed by atoms with Crippen LogP contribution in [0.15, 0.2) is 70.0 Å². The van der Waals surface area contributed by atoms with E-state index >= 15 is 0 Å². The second-order valence-electron chi connectivity index (χ2n) is 8.59. The van der Waals surface area contributed by atoms with Crippen LogP contribution in [0.4, 0.5) is 0 Å². The van der Waals surface area contributed by atoms with Crippen molar-refractivity contribution in [1.82, 2.24) is 4.98 Å². The molecule has 30 heavy (non-hydrogen) atoms. The van der Waals surface area contributed by atoms with Crippen LogP contribution in [-0.4, -0.2) is 4.98 Å². The highest BCUT2D eigenvalue weighted by Crippen LogP contribution is 2.43. The van der Waals surface area contributed by atoms with E-state index in [9.17, 15) is 0 Å². The van der Waals surface area contributed by atoms with E-state index < -0.39 is 0 Å². The molecule has 4 heteroatoms. The SMILES string of the molecule is C=CSc1ccc(-c2nccc3oc4ccc5cc(C)sc5c4c23)cc1C(C)(C)C. The molecular weight excluding hydrogens is 406 g/mol. The molecule has 0 saturated heterocycles. The number of aryl methyl sites for hydroxylation is 1. The van der Waals surface area contributed by atoms with Crippen LogP contribution in [0.1, 0.15) is 31.2 Å². The minimum Gasteiger partial charge on any atom is -0.456 e. The van der Waals surface area contributed by atoms with Crippen molar-refractivity contribution >= 4 is 55.1 Å². The van der Waals surface area contributed by atoms with Crippen LogP contribution < -0.4 is 0 Å². The summed E-state index contributed by atoms with van der Waals surface area (Å²) in [5, 5.41) is 5.42. The third kappa shape index (κ3) is 3.06. The summed E-state index contributed by atoms with van der Waals surface area (Å²) >= 11 is 3.49. The normalized spacial score (nSPS) is 12.3. The smallest absolute Gasteiger partial charge is 0.139 e. The Morgan fingerprint density at radius 2 is 1.83 bits per heavy atom. The zero-order valence-corrected chi connectivity index (χ0v) is 19.2. The van der Waals surface area contributed by atoms with E-state index in [1.54, 1.807) is 11.8 Å². The van der Waals surface area contributed by atoms with E-state index in [0.717, 1.165) is 27.8 Å². The number of furan rings is 1. The van der Waals surface area contributed by atoms with E-state index in [4.69, 9.17) is 9.40 Å². The molecule has 150 valence electrons. The Morgan fingerprint density at radius 3 is 2.60 bits per heavy atom. The third-order valence-electron chi connectivity index (χ3n) is 5.43. The van der Waals surface area contributed by atoms with Crippen molar-refractivity contribution in [3.8, 4) is 11.3 Å². The molecule has 0 saturated carbocycles. The molecule has 3 aromatic heterocycles. The molecule has 2 aromatic carbocycles. The van der Waals surface area contributed by atoms with Crippen LogP contribution >= 0.6 is 23.1 Å². The summed E-state index contributed by atoms with van der Waals surface area (Å²) in [6.07, 6.45) is 1.85. The van der Waals surface area contributed by atoms with Gasteiger partial charge in [0.05, 0.1) is 11.1 Å². The number of hydrogen-bond acceptors (Lipinski definition) is 4. The Hall–Kier alpha value is -2.56. The fraction of sp³-hybridized carbons (Fsp3) is 0.192. The summed E-state index contributed by atoms with van der Waals surface area (Å²) in [6.45, 7) is 12.8. The van der Waals surface area contributed by atoms with Gasteiger partial charge in [-0.25, -0.2) is 0 Å². The maximum Gasteiger partial charge on any atom is 0.139 e. The van der Waals surface area contributed by atoms with Crippen molar-refractivity contribution in [2.75, 3.05) is 0 Å². The second kappa shape index (κ2) is 7.00. The quantitative estimate of drug-likeness (QED) is 0.268. The summed E-state index contributed by atoms with van der Waals surface area (Å²) in [5.74, 6) is 0. The Kier molecular flexibility index (Phi) is 4.53. The topological polar surface area (TPSA) is 26.0 Å². The molecule has 0 aliphatic heterocycles. The zero-order valence-electron chi connectivity index (χ0n) is 17.6. The average Bonchev–Trinajstić information content (AvgIpc) is 3.26. The zero-order chi connectivity index (χ0) is 21.0. The number of hydrogen-bond donors (Lipinski definition) is 0. The first-order valence-electron chi connectivity index (χ1n) is 9.99. The van der Waals surface area contributed by atoms with Crippen LogP contribution in [0.3, 0.4) is 0 Å². The maximum absolute atomic E-state index is 6.24. The van der Waals surface area contributed by atoms with Crippen molar-refractivity contribution < 1.29 is 4.42 Å². The molecule has 0 radical (unpaired) electrons. The van der Waals surface area contributed by atoms with Crippen LogP contribution in [-0.2, 0) is 5.41 Å². The Balaban J connectivity index is 1.85. The largest absolute Gasteiger partial charge is 0.456 e. The van der Waals surface area contributed by atoms with Crippen LogP contribution in [0.25, 0.3) is 43.3 Å². The molecular formula is C26H23NOS2. The fourth-order valence-electron chi connectivity index (χ4n) is 4.10. The minimum absolute atomic E-state index is 0.0197. The third-order valence-corrected chi connectivity index (χ3v) is 7.29. The number of fused-ring (bicyclic) bond motifs is 5. The van der Waals surface area contributed by atoms with E-state index in [1.165, 1.54) is 30.8 Å². The van der Waals surface area contributed by atoms with Gasteiger partial charge in [0.25, 0.3) is 0 Å². The monoisotopic (exact) mass is 429 g/mol. The van der Waals surface area contributed by atoms with Crippen molar-refractivity contribution in [2.45, 2.75) is 38.0 Å². The lowest BCUT2D eigenvalue weighted by Crippen LogP contribution is -2.12. The minimum atomic E-state index is 0.0197. The van der Waals surface area contributed by atoms with Crippen molar-refractivity contribution in [2.24, 2.45) is 0 Å². The van der Waals surface area contributed by atoms with Gasteiger partial charge in [0.1, 0.15) is 11.2 Å². The Labute approximate surface area is 184 Å². The first kappa shape index (κ1) is 19.4. The van der Waals surface area contributed by atoms with Gasteiger partial charge in [0.2, 0.25) is 0 Å². The molecule has 0 atom stereocenters. The summed E-state index contributed by atoms with van der Waals surface area (Å²) in [5.41, 5.74) is 5.22. The highest BCUT2D eigenvalue weighted by Gasteiger charge is 2.21. The van der Waals surface area contributed by atoms with Gasteiger partial charge in [-0.2, -0.15) is 0 Å². The fourth-order valence-corrected chi connectivity index (χ4v) is 5.98. The number of thioether (sulfide) groups is 1. The van der Waals surface area contributed by atoms with Crippen LogP contribution in [0, 0.1) is 6.92 Å². The first-order valence-corrected chi connectivity index (χ1v) is 11.7. The van der Waals surface area contributed by atoms with Gasteiger partial charge in [0, 0.05) is 31.6 Å². The summed E-state index contributed by atoms with van der Waals surface area (Å²) < 4.78 is 7.51. The lowest BCUT2D eigenvalue weighted by atomic mass is 9.85. The highest BCUT2D eigenvalue weighted by atomic mass is 32.2.